The lowest BCUT2D eigenvalue weighted by Crippen LogP contribution is -2.43. The fourth-order valence-corrected chi connectivity index (χ4v) is 5.29. The highest BCUT2D eigenvalue weighted by atomic mass is 16.5. The van der Waals surface area contributed by atoms with Gasteiger partial charge in [-0.1, -0.05) is 0 Å². The number of ether oxygens (including phenoxy) is 6. The minimum absolute atomic E-state index is 0.00859. The zero-order valence-corrected chi connectivity index (χ0v) is 21.8. The molecule has 2 heterocycles. The third kappa shape index (κ3) is 4.15. The van der Waals surface area contributed by atoms with Gasteiger partial charge in [-0.25, -0.2) is 0 Å². The molecule has 192 valence electrons. The van der Waals surface area contributed by atoms with E-state index < -0.39 is 0 Å². The molecule has 2 aromatic carbocycles. The first kappa shape index (κ1) is 25.4. The van der Waals surface area contributed by atoms with Crippen LogP contribution in [-0.4, -0.2) is 72.5 Å². The number of piperidine rings is 1. The molecule has 2 bridgehead atoms. The van der Waals surface area contributed by atoms with Crippen LogP contribution in [-0.2, 0) is 4.79 Å². The van der Waals surface area contributed by atoms with Crippen LogP contribution in [0.5, 0.6) is 34.5 Å². The molecule has 0 saturated carbocycles. The number of benzene rings is 2. The largest absolute Gasteiger partial charge is 0.493 e. The van der Waals surface area contributed by atoms with Crippen LogP contribution in [0.4, 0.5) is 0 Å². The highest BCUT2D eigenvalue weighted by molar-refractivity contribution is 6.16. The van der Waals surface area contributed by atoms with Gasteiger partial charge in [0.15, 0.2) is 28.8 Å². The summed E-state index contributed by atoms with van der Waals surface area (Å²) in [5, 5.41) is 0. The maximum atomic E-state index is 13.9. The molecule has 2 fully saturated rings. The predicted molar refractivity (Wildman–Crippen MR) is 138 cm³/mol. The Morgan fingerprint density at radius 1 is 0.639 bits per heavy atom. The van der Waals surface area contributed by atoms with Crippen molar-refractivity contribution in [1.82, 2.24) is 4.90 Å². The van der Waals surface area contributed by atoms with Gasteiger partial charge < -0.3 is 28.4 Å². The summed E-state index contributed by atoms with van der Waals surface area (Å²) in [4.78, 5) is 16.2. The first-order valence-corrected chi connectivity index (χ1v) is 11.7. The van der Waals surface area contributed by atoms with Gasteiger partial charge in [-0.05, 0) is 56.3 Å². The fourth-order valence-electron chi connectivity index (χ4n) is 5.29. The standard InChI is InChI=1S/C28H33NO7/c1-29-20-10-11-21(29)19(15-17-9-13-23(32-3)28(36-7)26(17)34-5)24(30)18(20)14-16-8-12-22(31-2)27(35-6)25(16)33-4/h8-9,12-15,20-21H,10-11H2,1-7H3/b18-14+,19-15+/t20-,21-/m1/s1. The van der Waals surface area contributed by atoms with Crippen molar-refractivity contribution in [3.8, 4) is 34.5 Å². The number of nitrogens with zero attached hydrogens (tertiary/aromatic N) is 1. The fraction of sp³-hybridized carbons (Fsp3) is 0.393. The first-order valence-electron chi connectivity index (χ1n) is 11.7. The molecular weight excluding hydrogens is 462 g/mol. The van der Waals surface area contributed by atoms with Gasteiger partial charge in [-0.3, -0.25) is 9.69 Å². The van der Waals surface area contributed by atoms with Crippen LogP contribution in [0.15, 0.2) is 35.4 Å². The Labute approximate surface area is 212 Å². The van der Waals surface area contributed by atoms with E-state index in [0.717, 1.165) is 24.0 Å². The van der Waals surface area contributed by atoms with E-state index in [0.29, 0.717) is 45.6 Å². The van der Waals surface area contributed by atoms with Crippen LogP contribution in [0.25, 0.3) is 12.2 Å². The van der Waals surface area contributed by atoms with Crippen molar-refractivity contribution < 1.29 is 33.2 Å². The molecule has 8 heteroatoms. The molecule has 2 aliphatic heterocycles. The van der Waals surface area contributed by atoms with E-state index in [4.69, 9.17) is 28.4 Å². The second-order valence-electron chi connectivity index (χ2n) is 8.65. The van der Waals surface area contributed by atoms with Crippen molar-refractivity contribution in [2.24, 2.45) is 0 Å². The Morgan fingerprint density at radius 3 is 1.36 bits per heavy atom. The summed E-state index contributed by atoms with van der Waals surface area (Å²) in [6.07, 6.45) is 5.58. The molecule has 0 amide bonds. The molecule has 4 rings (SSSR count). The molecule has 0 aromatic heterocycles. The topological polar surface area (TPSA) is 75.7 Å². The summed E-state index contributed by atoms with van der Waals surface area (Å²) < 4.78 is 33.2. The number of hydrogen-bond donors (Lipinski definition) is 0. The third-order valence-electron chi connectivity index (χ3n) is 7.03. The molecule has 36 heavy (non-hydrogen) atoms. The van der Waals surface area contributed by atoms with E-state index >= 15 is 0 Å². The molecular formula is C28H33NO7. The van der Waals surface area contributed by atoms with Gasteiger partial charge in [-0.15, -0.1) is 0 Å². The summed E-state index contributed by atoms with van der Waals surface area (Å²) in [6, 6.07) is 7.42. The Morgan fingerprint density at radius 2 is 1.03 bits per heavy atom. The van der Waals surface area contributed by atoms with Crippen molar-refractivity contribution in [2.75, 3.05) is 49.7 Å². The van der Waals surface area contributed by atoms with E-state index in [1.807, 2.05) is 36.4 Å². The summed E-state index contributed by atoms with van der Waals surface area (Å²) in [7, 11) is 11.5. The number of rotatable bonds is 8. The van der Waals surface area contributed by atoms with Crippen LogP contribution in [0.1, 0.15) is 24.0 Å². The van der Waals surface area contributed by atoms with Crippen LogP contribution < -0.4 is 28.4 Å². The molecule has 2 atom stereocenters. The number of ketones is 1. The summed E-state index contributed by atoms with van der Waals surface area (Å²) in [5.74, 6) is 3.15. The zero-order valence-electron chi connectivity index (χ0n) is 21.8. The predicted octanol–water partition coefficient (Wildman–Crippen LogP) is 4.25. The van der Waals surface area contributed by atoms with Crippen molar-refractivity contribution in [3.05, 3.63) is 46.5 Å². The normalized spacial score (nSPS) is 21.6. The minimum atomic E-state index is 0.00859. The van der Waals surface area contributed by atoms with Crippen LogP contribution in [0.2, 0.25) is 0 Å². The van der Waals surface area contributed by atoms with Gasteiger partial charge in [-0.2, -0.15) is 0 Å². The number of fused-ring (bicyclic) bond motifs is 2. The van der Waals surface area contributed by atoms with Crippen LogP contribution in [0, 0.1) is 0 Å². The summed E-state index contributed by atoms with van der Waals surface area (Å²) in [6.45, 7) is 0. The Bertz CT molecular complexity index is 1130. The number of hydrogen-bond acceptors (Lipinski definition) is 8. The van der Waals surface area contributed by atoms with E-state index in [1.165, 1.54) is 0 Å². The maximum Gasteiger partial charge on any atom is 0.203 e. The van der Waals surface area contributed by atoms with Crippen molar-refractivity contribution >= 4 is 17.9 Å². The monoisotopic (exact) mass is 495 g/mol. The maximum absolute atomic E-state index is 13.9. The molecule has 0 N–H and O–H groups in total. The lowest BCUT2D eigenvalue weighted by molar-refractivity contribution is -0.114. The van der Waals surface area contributed by atoms with E-state index in [2.05, 4.69) is 11.9 Å². The highest BCUT2D eigenvalue weighted by Crippen LogP contribution is 2.46. The van der Waals surface area contributed by atoms with E-state index in [9.17, 15) is 4.79 Å². The second-order valence-corrected chi connectivity index (χ2v) is 8.65. The smallest absolute Gasteiger partial charge is 0.203 e. The average Bonchev–Trinajstić information content (AvgIpc) is 3.22. The lowest BCUT2D eigenvalue weighted by Gasteiger charge is -2.34. The van der Waals surface area contributed by atoms with E-state index in [-0.39, 0.29) is 17.9 Å². The number of Topliss-reactive ketones (excluding diaryl/α,β-unsaturated/α-hetero) is 1. The molecule has 2 aromatic rings. The molecule has 2 aliphatic rings. The number of carbonyl (C=O) groups is 1. The van der Waals surface area contributed by atoms with E-state index in [1.54, 1.807) is 42.7 Å². The van der Waals surface area contributed by atoms with Crippen molar-refractivity contribution in [2.45, 2.75) is 24.9 Å². The SMILES string of the molecule is COc1ccc(/C=C2/C(=O)/C(=C/c3ccc(OC)c(OC)c3OC)[C@H]3CC[C@H]2N3C)c(OC)c1OC. The van der Waals surface area contributed by atoms with Gasteiger partial charge in [0.25, 0.3) is 0 Å². The van der Waals surface area contributed by atoms with Crippen LogP contribution in [0.3, 0.4) is 0 Å². The lowest BCUT2D eigenvalue weighted by atomic mass is 9.88. The molecule has 0 radical (unpaired) electrons. The van der Waals surface area contributed by atoms with Gasteiger partial charge >= 0.3 is 0 Å². The van der Waals surface area contributed by atoms with Gasteiger partial charge in [0, 0.05) is 34.4 Å². The van der Waals surface area contributed by atoms with Crippen molar-refractivity contribution in [3.63, 3.8) is 0 Å². The average molecular weight is 496 g/mol. The number of likely N-dealkylation sites (N-methyl/N-ethyl adjacent to an activating group) is 1. The number of methoxy groups -OCH3 is 6. The van der Waals surface area contributed by atoms with Crippen molar-refractivity contribution in [1.29, 1.82) is 0 Å². The molecule has 0 aliphatic carbocycles. The molecule has 0 unspecified atom stereocenters. The second kappa shape index (κ2) is 10.5. The Kier molecular flexibility index (Phi) is 7.45. The third-order valence-corrected chi connectivity index (χ3v) is 7.03. The zero-order chi connectivity index (χ0) is 26.0. The first-order chi connectivity index (χ1) is 17.4. The summed E-state index contributed by atoms with van der Waals surface area (Å²) >= 11 is 0. The van der Waals surface area contributed by atoms with Gasteiger partial charge in [0.05, 0.1) is 42.7 Å². The van der Waals surface area contributed by atoms with Crippen LogP contribution >= 0.6 is 0 Å². The van der Waals surface area contributed by atoms with Gasteiger partial charge in [0.2, 0.25) is 11.5 Å². The number of carbonyl (C=O) groups excluding carboxylic acids is 1. The molecule has 0 spiro atoms. The molecule has 8 nitrogen and oxygen atoms in total. The quantitative estimate of drug-likeness (QED) is 0.503. The molecule has 2 saturated heterocycles. The Hall–Kier alpha value is -3.65. The minimum Gasteiger partial charge on any atom is -0.493 e. The summed E-state index contributed by atoms with van der Waals surface area (Å²) in [5.41, 5.74) is 2.92. The Balaban J connectivity index is 1.85. The van der Waals surface area contributed by atoms with Gasteiger partial charge in [0.1, 0.15) is 0 Å². The highest BCUT2D eigenvalue weighted by Gasteiger charge is 2.45.